The van der Waals surface area contributed by atoms with Crippen molar-refractivity contribution in [3.63, 3.8) is 0 Å². The zero-order valence-corrected chi connectivity index (χ0v) is 26.2. The van der Waals surface area contributed by atoms with Gasteiger partial charge in [0.05, 0.1) is 0 Å². The van der Waals surface area contributed by atoms with Crippen LogP contribution >= 0.6 is 0 Å². The van der Waals surface area contributed by atoms with E-state index < -0.39 is 0 Å². The first-order chi connectivity index (χ1) is 16.8. The van der Waals surface area contributed by atoms with Gasteiger partial charge in [-0.05, 0) is 69.2 Å². The van der Waals surface area contributed by atoms with Gasteiger partial charge >= 0.3 is 0 Å². The molecule has 0 rings (SSSR count). The summed E-state index contributed by atoms with van der Waals surface area (Å²) in [7, 11) is 2.00. The van der Waals surface area contributed by atoms with Gasteiger partial charge in [-0.25, -0.2) is 0 Å². The van der Waals surface area contributed by atoms with Crippen LogP contribution in [0, 0.1) is 0 Å². The van der Waals surface area contributed by atoms with E-state index in [1.54, 1.807) is 62.3 Å². The SMILES string of the molecule is C=C.C=C.C=C.C=C.C=C.CC(C)O.CC(C)O.CC(C)O.CC(C)O.CC=O.CCO.CO.CO. The monoisotopic (exact) mass is 535 g/mol. The van der Waals surface area contributed by atoms with E-state index in [-0.39, 0.29) is 31.0 Å². The molecule has 0 atom stereocenters. The number of hydrogen-bond acceptors (Lipinski definition) is 8. The van der Waals surface area contributed by atoms with E-state index in [9.17, 15) is 0 Å². The highest BCUT2D eigenvalue weighted by Crippen LogP contribution is 1.66. The Morgan fingerprint density at radius 3 is 0.500 bits per heavy atom. The highest BCUT2D eigenvalue weighted by Gasteiger charge is 1.70. The smallest absolute Gasteiger partial charge is 0.116 e. The minimum atomic E-state index is -0.167. The van der Waals surface area contributed by atoms with Crippen molar-refractivity contribution in [2.75, 3.05) is 20.8 Å². The molecule has 230 valence electrons. The largest absolute Gasteiger partial charge is 0.400 e. The Morgan fingerprint density at radius 2 is 0.500 bits per heavy atom. The minimum Gasteiger partial charge on any atom is -0.400 e. The van der Waals surface area contributed by atoms with E-state index in [1.165, 1.54) is 6.92 Å². The van der Waals surface area contributed by atoms with Crippen LogP contribution in [0.15, 0.2) is 65.8 Å². The Hall–Kier alpha value is -1.91. The van der Waals surface area contributed by atoms with Gasteiger partial charge in [0.25, 0.3) is 0 Å². The number of carbonyl (C=O) groups is 1. The quantitative estimate of drug-likeness (QED) is 0.169. The Morgan fingerprint density at radius 1 is 0.500 bits per heavy atom. The fraction of sp³-hybridized carbons (Fsp3) is 0.607. The predicted molar refractivity (Wildman–Crippen MR) is 166 cm³/mol. The molecule has 0 heterocycles. The van der Waals surface area contributed by atoms with E-state index in [4.69, 9.17) is 40.5 Å². The first kappa shape index (κ1) is 83.9. The van der Waals surface area contributed by atoms with Crippen LogP contribution in [-0.4, -0.2) is 87.3 Å². The molecule has 0 amide bonds. The summed E-state index contributed by atoms with van der Waals surface area (Å²) in [5.41, 5.74) is 0. The number of rotatable bonds is 0. The summed E-state index contributed by atoms with van der Waals surface area (Å²) in [4.78, 5) is 8.81. The number of carbonyl (C=O) groups excluding carboxylic acids is 1. The molecule has 0 radical (unpaired) electrons. The van der Waals surface area contributed by atoms with Crippen LogP contribution in [0.1, 0.15) is 69.2 Å². The molecule has 0 aromatic heterocycles. The molecule has 0 aliphatic rings. The van der Waals surface area contributed by atoms with Gasteiger partial charge in [-0.2, -0.15) is 0 Å². The molecule has 0 unspecified atom stereocenters. The van der Waals surface area contributed by atoms with E-state index in [0.717, 1.165) is 20.5 Å². The summed E-state index contributed by atoms with van der Waals surface area (Å²) in [6.45, 7) is 47.2. The molecular formula is C28H70O8. The van der Waals surface area contributed by atoms with Crippen LogP contribution in [0.2, 0.25) is 0 Å². The lowest BCUT2D eigenvalue weighted by Gasteiger charge is -1.80. The van der Waals surface area contributed by atoms with Crippen LogP contribution in [0.25, 0.3) is 0 Å². The Labute approximate surface area is 227 Å². The molecule has 0 saturated carbocycles. The van der Waals surface area contributed by atoms with Crippen LogP contribution in [0.5, 0.6) is 0 Å². The van der Waals surface area contributed by atoms with Gasteiger partial charge in [-0.15, -0.1) is 65.8 Å². The molecule has 7 N–H and O–H groups in total. The second-order valence-corrected chi connectivity index (χ2v) is 4.93. The molecule has 8 heteroatoms. The molecule has 36 heavy (non-hydrogen) atoms. The molecule has 0 aromatic rings. The lowest BCUT2D eigenvalue weighted by molar-refractivity contribution is -0.106. The molecule has 0 aromatic carbocycles. The van der Waals surface area contributed by atoms with Crippen LogP contribution in [0.3, 0.4) is 0 Å². The number of hydrogen-bond donors (Lipinski definition) is 7. The standard InChI is InChI=1S/4C3H8O.C2H6O.C2H4O.5C2H4.2CH4O/c4*1-3(2)4;2*1-2-3;7*1-2/h4*3-4H,1-2H3;3H,2H2,1H3;2H,1H3;5*1-2H2;2*2H,1H3. The molecule has 0 spiro atoms. The Bertz CT molecular complexity index is 155. The Kier molecular flexibility index (Phi) is 543. The second-order valence-electron chi connectivity index (χ2n) is 4.93. The predicted octanol–water partition coefficient (Wildman–Crippen LogP) is 4.98. The van der Waals surface area contributed by atoms with Crippen molar-refractivity contribution < 1.29 is 40.5 Å². The minimum absolute atomic E-state index is 0.167. The second kappa shape index (κ2) is 233. The first-order valence-corrected chi connectivity index (χ1v) is 10.9. The van der Waals surface area contributed by atoms with Gasteiger partial charge in [0.2, 0.25) is 0 Å². The van der Waals surface area contributed by atoms with Crippen molar-refractivity contribution in [3.05, 3.63) is 65.8 Å². The van der Waals surface area contributed by atoms with Crippen molar-refractivity contribution >= 4 is 6.29 Å². The first-order valence-electron chi connectivity index (χ1n) is 10.9. The van der Waals surface area contributed by atoms with Crippen LogP contribution < -0.4 is 0 Å². The molecule has 0 bridgehead atoms. The third-order valence-electron chi connectivity index (χ3n) is 0. The van der Waals surface area contributed by atoms with Gasteiger partial charge in [-0.3, -0.25) is 0 Å². The summed E-state index contributed by atoms with van der Waals surface area (Å²) in [6, 6.07) is 0. The third kappa shape index (κ3) is 8500. The molecule has 0 saturated heterocycles. The maximum Gasteiger partial charge on any atom is 0.116 e. The summed E-state index contributed by atoms with van der Waals surface area (Å²) >= 11 is 0. The highest BCUT2D eigenvalue weighted by atomic mass is 16.3. The lowest BCUT2D eigenvalue weighted by atomic mass is 10.5. The van der Waals surface area contributed by atoms with Crippen molar-refractivity contribution in [1.29, 1.82) is 0 Å². The average Bonchev–Trinajstić information content (AvgIpc) is 2.82. The van der Waals surface area contributed by atoms with Crippen LogP contribution in [-0.2, 0) is 4.79 Å². The maximum atomic E-state index is 8.81. The highest BCUT2D eigenvalue weighted by molar-refractivity contribution is 5.44. The topological polar surface area (TPSA) is 159 Å². The van der Waals surface area contributed by atoms with Crippen molar-refractivity contribution in [1.82, 2.24) is 0 Å². The molecule has 0 aliphatic heterocycles. The third-order valence-corrected chi connectivity index (χ3v) is 0. The molecular weight excluding hydrogens is 464 g/mol. The average molecular weight is 535 g/mol. The summed E-state index contributed by atoms with van der Waals surface area (Å²) in [5, 5.41) is 53.8. The van der Waals surface area contributed by atoms with Crippen molar-refractivity contribution in [2.24, 2.45) is 0 Å². The Balaban J connectivity index is -0.0000000147. The number of aliphatic hydroxyl groups excluding tert-OH is 7. The number of aliphatic hydroxyl groups is 7. The fourth-order valence-corrected chi connectivity index (χ4v) is 0. The number of aldehydes is 1. The summed E-state index contributed by atoms with van der Waals surface area (Å²) in [6.07, 6.45) is 0.0833. The summed E-state index contributed by atoms with van der Waals surface area (Å²) < 4.78 is 0. The van der Waals surface area contributed by atoms with E-state index in [0.29, 0.717) is 0 Å². The zero-order chi connectivity index (χ0) is 33.7. The van der Waals surface area contributed by atoms with Crippen LogP contribution in [0.4, 0.5) is 0 Å². The van der Waals surface area contributed by atoms with Gasteiger partial charge in [0.1, 0.15) is 6.29 Å². The van der Waals surface area contributed by atoms with Gasteiger partial charge in [0, 0.05) is 45.2 Å². The van der Waals surface area contributed by atoms with E-state index in [1.807, 2.05) is 0 Å². The van der Waals surface area contributed by atoms with E-state index in [2.05, 4.69) is 65.8 Å². The van der Waals surface area contributed by atoms with Gasteiger partial charge in [-0.1, -0.05) is 0 Å². The maximum absolute atomic E-state index is 8.81. The van der Waals surface area contributed by atoms with Gasteiger partial charge < -0.3 is 40.5 Å². The normalized spacial score (nSPS) is 5.75. The lowest BCUT2D eigenvalue weighted by Crippen LogP contribution is -1.85. The molecule has 0 fully saturated rings. The fourth-order valence-electron chi connectivity index (χ4n) is 0. The zero-order valence-electron chi connectivity index (χ0n) is 26.2. The van der Waals surface area contributed by atoms with E-state index >= 15 is 0 Å². The molecule has 0 aliphatic carbocycles. The molecule has 8 nitrogen and oxygen atoms in total. The summed E-state index contributed by atoms with van der Waals surface area (Å²) in [5.74, 6) is 0. The van der Waals surface area contributed by atoms with Gasteiger partial charge in [0.15, 0.2) is 0 Å². The van der Waals surface area contributed by atoms with Crippen molar-refractivity contribution in [2.45, 2.75) is 93.7 Å². The van der Waals surface area contributed by atoms with Crippen molar-refractivity contribution in [3.8, 4) is 0 Å².